The van der Waals surface area contributed by atoms with Crippen LogP contribution in [0.5, 0.6) is 5.75 Å². The molecule has 200 valence electrons. The Morgan fingerprint density at radius 2 is 1.34 bits per heavy atom. The van der Waals surface area contributed by atoms with E-state index in [2.05, 4.69) is 101 Å². The summed E-state index contributed by atoms with van der Waals surface area (Å²) in [4.78, 5) is 20.0. The third kappa shape index (κ3) is 6.28. The number of rotatable bonds is 10. The fourth-order valence-corrected chi connectivity index (χ4v) is 6.02. The van der Waals surface area contributed by atoms with Gasteiger partial charge in [0.15, 0.2) is 0 Å². The van der Waals surface area contributed by atoms with E-state index in [1.54, 1.807) is 0 Å². The molecule has 0 bridgehead atoms. The number of piperazine rings is 1. The molecule has 5 nitrogen and oxygen atoms in total. The van der Waals surface area contributed by atoms with Gasteiger partial charge in [0.25, 0.3) is 0 Å². The predicted molar refractivity (Wildman–Crippen MR) is 155 cm³/mol. The molecular formula is C33H41N3O2. The van der Waals surface area contributed by atoms with Gasteiger partial charge in [0.2, 0.25) is 0 Å². The number of hydrogen-bond donors (Lipinski definition) is 0. The molecule has 38 heavy (non-hydrogen) atoms. The minimum Gasteiger partial charge on any atom is -0.491 e. The van der Waals surface area contributed by atoms with Crippen LogP contribution in [0.4, 0.5) is 5.69 Å². The molecule has 0 saturated carbocycles. The number of ketones is 1. The zero-order valence-corrected chi connectivity index (χ0v) is 22.7. The van der Waals surface area contributed by atoms with Gasteiger partial charge in [-0.3, -0.25) is 9.69 Å². The van der Waals surface area contributed by atoms with Gasteiger partial charge in [0.05, 0.1) is 18.8 Å². The number of benzene rings is 3. The highest BCUT2D eigenvalue weighted by Crippen LogP contribution is 2.41. The Kier molecular flexibility index (Phi) is 8.77. The van der Waals surface area contributed by atoms with Crippen LogP contribution in [0.25, 0.3) is 0 Å². The SMILES string of the molecule is CN1CCN(c2ccccc2OCCCC(=O)CN2CCC(c3ccccc3)(c3ccccc3)CC2)CC1. The van der Waals surface area contributed by atoms with Crippen LogP contribution in [0, 0.1) is 0 Å². The summed E-state index contributed by atoms with van der Waals surface area (Å²) < 4.78 is 6.16. The molecule has 2 aliphatic rings. The average Bonchev–Trinajstić information content (AvgIpc) is 2.97. The van der Waals surface area contributed by atoms with Crippen LogP contribution in [0.2, 0.25) is 0 Å². The first-order valence-electron chi connectivity index (χ1n) is 14.1. The molecule has 0 atom stereocenters. The summed E-state index contributed by atoms with van der Waals surface area (Å²) in [7, 11) is 2.17. The van der Waals surface area contributed by atoms with Gasteiger partial charge in [-0.25, -0.2) is 0 Å². The van der Waals surface area contributed by atoms with E-state index in [0.717, 1.165) is 64.3 Å². The molecule has 3 aromatic rings. The number of para-hydroxylation sites is 2. The second-order valence-electron chi connectivity index (χ2n) is 10.8. The van der Waals surface area contributed by atoms with Gasteiger partial charge < -0.3 is 14.5 Å². The van der Waals surface area contributed by atoms with Crippen molar-refractivity contribution in [2.45, 2.75) is 31.1 Å². The zero-order valence-electron chi connectivity index (χ0n) is 22.7. The fraction of sp³-hybridized carbons (Fsp3) is 0.424. The molecule has 0 N–H and O–H groups in total. The largest absolute Gasteiger partial charge is 0.491 e. The van der Waals surface area contributed by atoms with Gasteiger partial charge in [-0.1, -0.05) is 72.8 Å². The van der Waals surface area contributed by atoms with Crippen molar-refractivity contribution in [3.63, 3.8) is 0 Å². The maximum Gasteiger partial charge on any atom is 0.146 e. The molecule has 5 rings (SSSR count). The van der Waals surface area contributed by atoms with Crippen molar-refractivity contribution >= 4 is 11.5 Å². The van der Waals surface area contributed by atoms with Crippen molar-refractivity contribution in [2.75, 3.05) is 64.4 Å². The van der Waals surface area contributed by atoms with Crippen LogP contribution >= 0.6 is 0 Å². The summed E-state index contributed by atoms with van der Waals surface area (Å²) in [6.45, 7) is 7.14. The normalized spacial score (nSPS) is 18.3. The highest BCUT2D eigenvalue weighted by atomic mass is 16.5. The number of carbonyl (C=O) groups excluding carboxylic acids is 1. The Bertz CT molecular complexity index is 1110. The van der Waals surface area contributed by atoms with Gasteiger partial charge in [0, 0.05) is 38.0 Å². The Morgan fingerprint density at radius 3 is 1.97 bits per heavy atom. The summed E-state index contributed by atoms with van der Waals surface area (Å²) in [6.07, 6.45) is 3.37. The number of ether oxygens (including phenoxy) is 1. The maximum absolute atomic E-state index is 12.9. The van der Waals surface area contributed by atoms with Gasteiger partial charge in [-0.05, 0) is 62.7 Å². The van der Waals surface area contributed by atoms with Crippen molar-refractivity contribution in [1.29, 1.82) is 0 Å². The molecular weight excluding hydrogens is 470 g/mol. The molecule has 0 aliphatic carbocycles. The standard InChI is InChI=1S/C33H41N3O2/c1-34-22-24-36(25-23-34)31-16-8-9-17-32(31)38-26-10-15-30(37)27-35-20-18-33(19-21-35,28-11-4-2-5-12-28)29-13-6-3-7-14-29/h2-9,11-14,16-17H,10,15,18-27H2,1H3. The first kappa shape index (κ1) is 26.5. The summed E-state index contributed by atoms with van der Waals surface area (Å²) in [6, 6.07) is 30.1. The van der Waals surface area contributed by atoms with E-state index in [4.69, 9.17) is 4.74 Å². The molecule has 0 radical (unpaired) electrons. The Balaban J connectivity index is 1.10. The molecule has 3 aromatic carbocycles. The van der Waals surface area contributed by atoms with Crippen LogP contribution in [-0.2, 0) is 10.2 Å². The summed E-state index contributed by atoms with van der Waals surface area (Å²) in [5.74, 6) is 1.24. The summed E-state index contributed by atoms with van der Waals surface area (Å²) in [5, 5.41) is 0. The first-order chi connectivity index (χ1) is 18.6. The summed E-state index contributed by atoms with van der Waals surface area (Å²) in [5.41, 5.74) is 3.95. The predicted octanol–water partition coefficient (Wildman–Crippen LogP) is 5.25. The second kappa shape index (κ2) is 12.6. The molecule has 2 fully saturated rings. The number of likely N-dealkylation sites (tertiary alicyclic amines) is 1. The van der Waals surface area contributed by atoms with E-state index in [0.29, 0.717) is 25.4 Å². The van der Waals surface area contributed by atoms with Gasteiger partial charge >= 0.3 is 0 Å². The van der Waals surface area contributed by atoms with E-state index in [1.165, 1.54) is 16.8 Å². The highest BCUT2D eigenvalue weighted by Gasteiger charge is 2.37. The number of anilines is 1. The topological polar surface area (TPSA) is 36.0 Å². The monoisotopic (exact) mass is 511 g/mol. The molecule has 2 saturated heterocycles. The van der Waals surface area contributed by atoms with E-state index in [-0.39, 0.29) is 5.41 Å². The molecule has 2 heterocycles. The summed E-state index contributed by atoms with van der Waals surface area (Å²) >= 11 is 0. The van der Waals surface area contributed by atoms with Crippen LogP contribution < -0.4 is 9.64 Å². The lowest BCUT2D eigenvalue weighted by Gasteiger charge is -2.42. The minimum absolute atomic E-state index is 0.0209. The lowest BCUT2D eigenvalue weighted by Crippen LogP contribution is -2.45. The van der Waals surface area contributed by atoms with Gasteiger partial charge in [-0.15, -0.1) is 0 Å². The average molecular weight is 512 g/mol. The van der Waals surface area contributed by atoms with Crippen molar-refractivity contribution in [2.24, 2.45) is 0 Å². The minimum atomic E-state index is 0.0209. The van der Waals surface area contributed by atoms with E-state index < -0.39 is 0 Å². The van der Waals surface area contributed by atoms with Crippen LogP contribution in [-0.4, -0.2) is 75.1 Å². The van der Waals surface area contributed by atoms with E-state index in [1.807, 2.05) is 6.07 Å². The number of piperidine rings is 1. The molecule has 2 aliphatic heterocycles. The van der Waals surface area contributed by atoms with Crippen LogP contribution in [0.1, 0.15) is 36.8 Å². The lowest BCUT2D eigenvalue weighted by atomic mass is 9.68. The number of likely N-dealkylation sites (N-methyl/N-ethyl adjacent to an activating group) is 1. The van der Waals surface area contributed by atoms with Crippen molar-refractivity contribution in [1.82, 2.24) is 9.80 Å². The number of carbonyl (C=O) groups is 1. The third-order valence-electron chi connectivity index (χ3n) is 8.33. The van der Waals surface area contributed by atoms with Crippen molar-refractivity contribution < 1.29 is 9.53 Å². The van der Waals surface area contributed by atoms with Crippen LogP contribution in [0.15, 0.2) is 84.9 Å². The van der Waals surface area contributed by atoms with Crippen molar-refractivity contribution in [3.05, 3.63) is 96.1 Å². The van der Waals surface area contributed by atoms with E-state index in [9.17, 15) is 4.79 Å². The van der Waals surface area contributed by atoms with Crippen molar-refractivity contribution in [3.8, 4) is 5.75 Å². The number of hydrogen-bond acceptors (Lipinski definition) is 5. The molecule has 5 heteroatoms. The number of nitrogens with zero attached hydrogens (tertiary/aromatic N) is 3. The molecule has 0 unspecified atom stereocenters. The maximum atomic E-state index is 12.9. The van der Waals surface area contributed by atoms with E-state index >= 15 is 0 Å². The molecule has 0 amide bonds. The quantitative estimate of drug-likeness (QED) is 0.348. The Hall–Kier alpha value is -3.15. The first-order valence-corrected chi connectivity index (χ1v) is 14.1. The smallest absolute Gasteiger partial charge is 0.146 e. The number of Topliss-reactive ketones (excluding diaryl/α,β-unsaturated/α-hetero) is 1. The van der Waals surface area contributed by atoms with Crippen LogP contribution in [0.3, 0.4) is 0 Å². The fourth-order valence-electron chi connectivity index (χ4n) is 6.02. The molecule has 0 spiro atoms. The second-order valence-corrected chi connectivity index (χ2v) is 10.8. The highest BCUT2D eigenvalue weighted by molar-refractivity contribution is 5.80. The molecule has 0 aromatic heterocycles. The lowest BCUT2D eigenvalue weighted by molar-refractivity contribution is -0.120. The van der Waals surface area contributed by atoms with Gasteiger partial charge in [-0.2, -0.15) is 0 Å². The van der Waals surface area contributed by atoms with Gasteiger partial charge in [0.1, 0.15) is 11.5 Å². The Morgan fingerprint density at radius 1 is 0.763 bits per heavy atom. The Labute approximate surface area is 228 Å². The zero-order chi connectivity index (χ0) is 26.2. The third-order valence-corrected chi connectivity index (χ3v) is 8.33.